The number of aromatic carboxylic acids is 1. The van der Waals surface area contributed by atoms with Crippen molar-refractivity contribution in [2.75, 3.05) is 12.1 Å². The van der Waals surface area contributed by atoms with Crippen LogP contribution in [0.15, 0.2) is 47.6 Å². The number of nitrogens with zero attached hydrogens (tertiary/aromatic N) is 3. The van der Waals surface area contributed by atoms with E-state index < -0.39 is 22.7 Å². The molecule has 0 unspecified atom stereocenters. The molecule has 0 aliphatic heterocycles. The van der Waals surface area contributed by atoms with Gasteiger partial charge in [0, 0.05) is 18.2 Å². The highest BCUT2D eigenvalue weighted by Crippen LogP contribution is 2.32. The van der Waals surface area contributed by atoms with Crippen molar-refractivity contribution in [3.8, 4) is 11.3 Å². The molecule has 0 atom stereocenters. The standard InChI is InChI=1S/C18H12F3N3O2S/c1-24(22-9-10-6-7-11(19)8-13(10)17(25)26)18-23-15(16(21)27-18)12-4-2-3-5-14(12)20/h2-9H,1H3,(H,25,26)/b22-9+. The van der Waals surface area contributed by atoms with Crippen LogP contribution in [0, 0.1) is 16.8 Å². The van der Waals surface area contributed by atoms with Gasteiger partial charge in [-0.1, -0.05) is 23.5 Å². The number of carbonyl (C=O) groups is 1. The van der Waals surface area contributed by atoms with E-state index in [4.69, 9.17) is 5.11 Å². The normalized spacial score (nSPS) is 11.1. The Bertz CT molecular complexity index is 1040. The zero-order valence-electron chi connectivity index (χ0n) is 13.9. The van der Waals surface area contributed by atoms with Gasteiger partial charge < -0.3 is 5.11 Å². The number of rotatable bonds is 5. The average molecular weight is 391 g/mol. The number of thiazole rings is 1. The number of anilines is 1. The largest absolute Gasteiger partial charge is 0.478 e. The number of carboxylic acid groups (broad SMARTS) is 1. The van der Waals surface area contributed by atoms with Crippen LogP contribution in [0.5, 0.6) is 0 Å². The third kappa shape index (κ3) is 3.98. The van der Waals surface area contributed by atoms with Gasteiger partial charge in [0.05, 0.1) is 11.8 Å². The summed E-state index contributed by atoms with van der Waals surface area (Å²) in [5, 5.41) is 13.8. The summed E-state index contributed by atoms with van der Waals surface area (Å²) < 4.78 is 41.3. The Balaban J connectivity index is 1.89. The monoisotopic (exact) mass is 391 g/mol. The molecule has 1 N–H and O–H groups in total. The summed E-state index contributed by atoms with van der Waals surface area (Å²) in [7, 11) is 1.48. The van der Waals surface area contributed by atoms with E-state index in [0.717, 1.165) is 12.1 Å². The van der Waals surface area contributed by atoms with Gasteiger partial charge in [-0.15, -0.1) is 0 Å². The van der Waals surface area contributed by atoms with Crippen LogP contribution in [0.25, 0.3) is 11.3 Å². The zero-order valence-corrected chi connectivity index (χ0v) is 14.7. The smallest absolute Gasteiger partial charge is 0.336 e. The second kappa shape index (κ2) is 7.58. The fourth-order valence-corrected chi connectivity index (χ4v) is 3.00. The van der Waals surface area contributed by atoms with E-state index in [1.54, 1.807) is 6.07 Å². The lowest BCUT2D eigenvalue weighted by atomic mass is 10.1. The first-order valence-electron chi connectivity index (χ1n) is 7.58. The van der Waals surface area contributed by atoms with Gasteiger partial charge in [0.15, 0.2) is 0 Å². The number of benzene rings is 2. The Hall–Kier alpha value is -3.20. The molecule has 0 fully saturated rings. The van der Waals surface area contributed by atoms with E-state index in [-0.39, 0.29) is 27.5 Å². The summed E-state index contributed by atoms with van der Waals surface area (Å²) >= 11 is 0.666. The maximum absolute atomic E-state index is 14.2. The summed E-state index contributed by atoms with van der Waals surface area (Å²) in [5.41, 5.74) is -0.198. The Morgan fingerprint density at radius 1 is 1.22 bits per heavy atom. The van der Waals surface area contributed by atoms with E-state index >= 15 is 0 Å². The van der Waals surface area contributed by atoms with Gasteiger partial charge >= 0.3 is 5.97 Å². The van der Waals surface area contributed by atoms with E-state index in [1.807, 2.05) is 0 Å². The van der Waals surface area contributed by atoms with Crippen molar-refractivity contribution in [1.82, 2.24) is 4.98 Å². The lowest BCUT2D eigenvalue weighted by Gasteiger charge is -2.08. The van der Waals surface area contributed by atoms with Gasteiger partial charge in [0.2, 0.25) is 10.3 Å². The molecule has 0 saturated heterocycles. The summed E-state index contributed by atoms with van der Waals surface area (Å²) in [6.07, 6.45) is 1.20. The predicted molar refractivity (Wildman–Crippen MR) is 96.8 cm³/mol. The van der Waals surface area contributed by atoms with Crippen LogP contribution >= 0.6 is 11.3 Å². The second-order valence-electron chi connectivity index (χ2n) is 5.40. The van der Waals surface area contributed by atoms with Gasteiger partial charge in [-0.25, -0.2) is 23.6 Å². The Kier molecular flexibility index (Phi) is 5.22. The summed E-state index contributed by atoms with van der Waals surface area (Å²) in [5.74, 6) is -2.59. The predicted octanol–water partition coefficient (Wildman–Crippen LogP) is 4.40. The van der Waals surface area contributed by atoms with Gasteiger partial charge in [-0.3, -0.25) is 0 Å². The molecule has 0 aliphatic carbocycles. The summed E-state index contributed by atoms with van der Waals surface area (Å²) in [4.78, 5) is 15.3. The summed E-state index contributed by atoms with van der Waals surface area (Å²) in [6.45, 7) is 0. The molecule has 0 aliphatic rings. The molecule has 1 aromatic heterocycles. The number of hydrogen-bond donors (Lipinski definition) is 1. The maximum atomic E-state index is 14.2. The molecular weight excluding hydrogens is 379 g/mol. The minimum atomic E-state index is -1.30. The molecular formula is C18H12F3N3O2S. The van der Waals surface area contributed by atoms with Crippen LogP contribution in [-0.4, -0.2) is 29.3 Å². The third-order valence-corrected chi connectivity index (χ3v) is 4.51. The van der Waals surface area contributed by atoms with Crippen molar-refractivity contribution in [2.24, 2.45) is 5.10 Å². The van der Waals surface area contributed by atoms with E-state index in [9.17, 15) is 18.0 Å². The van der Waals surface area contributed by atoms with Crippen LogP contribution < -0.4 is 5.01 Å². The van der Waals surface area contributed by atoms with Crippen LogP contribution in [0.1, 0.15) is 15.9 Å². The number of aromatic nitrogens is 1. The molecule has 0 radical (unpaired) electrons. The molecule has 0 spiro atoms. The minimum Gasteiger partial charge on any atom is -0.478 e. The topological polar surface area (TPSA) is 65.8 Å². The maximum Gasteiger partial charge on any atom is 0.336 e. The Morgan fingerprint density at radius 2 is 1.96 bits per heavy atom. The molecule has 3 aromatic rings. The molecule has 9 heteroatoms. The fraction of sp³-hybridized carbons (Fsp3) is 0.0556. The quantitative estimate of drug-likeness (QED) is 0.517. The highest BCUT2D eigenvalue weighted by atomic mass is 32.1. The Labute approximate surface area is 156 Å². The first kappa shape index (κ1) is 18.6. The molecule has 138 valence electrons. The minimum absolute atomic E-state index is 0.0292. The number of carboxylic acids is 1. The summed E-state index contributed by atoms with van der Waals surface area (Å²) in [6, 6.07) is 8.93. The molecule has 0 saturated carbocycles. The molecule has 1 heterocycles. The number of hydrazone groups is 1. The molecule has 5 nitrogen and oxygen atoms in total. The van der Waals surface area contributed by atoms with Crippen LogP contribution in [0.3, 0.4) is 0 Å². The lowest BCUT2D eigenvalue weighted by Crippen LogP contribution is -2.10. The number of halogens is 3. The highest BCUT2D eigenvalue weighted by molar-refractivity contribution is 7.14. The average Bonchev–Trinajstić information content (AvgIpc) is 3.02. The van der Waals surface area contributed by atoms with E-state index in [0.29, 0.717) is 11.3 Å². The van der Waals surface area contributed by atoms with Gasteiger partial charge in [-0.05, 0) is 30.3 Å². The third-order valence-electron chi connectivity index (χ3n) is 3.60. The molecule has 0 bridgehead atoms. The van der Waals surface area contributed by atoms with E-state index in [1.165, 1.54) is 42.5 Å². The molecule has 2 aromatic carbocycles. The first-order valence-corrected chi connectivity index (χ1v) is 8.40. The molecule has 0 amide bonds. The van der Waals surface area contributed by atoms with E-state index in [2.05, 4.69) is 10.1 Å². The van der Waals surface area contributed by atoms with Crippen molar-refractivity contribution in [2.45, 2.75) is 0 Å². The van der Waals surface area contributed by atoms with Crippen molar-refractivity contribution in [1.29, 1.82) is 0 Å². The van der Waals surface area contributed by atoms with Crippen LogP contribution in [0.2, 0.25) is 0 Å². The highest BCUT2D eigenvalue weighted by Gasteiger charge is 2.18. The lowest BCUT2D eigenvalue weighted by molar-refractivity contribution is 0.0696. The van der Waals surface area contributed by atoms with Crippen molar-refractivity contribution < 1.29 is 23.1 Å². The van der Waals surface area contributed by atoms with Crippen molar-refractivity contribution in [3.63, 3.8) is 0 Å². The van der Waals surface area contributed by atoms with Gasteiger partial charge in [0.25, 0.3) is 0 Å². The zero-order chi connectivity index (χ0) is 19.6. The Morgan fingerprint density at radius 3 is 2.67 bits per heavy atom. The first-order chi connectivity index (χ1) is 12.9. The van der Waals surface area contributed by atoms with Crippen molar-refractivity contribution in [3.05, 3.63) is 70.4 Å². The fourth-order valence-electron chi connectivity index (χ4n) is 2.27. The molecule has 27 heavy (non-hydrogen) atoms. The van der Waals surface area contributed by atoms with Gasteiger partial charge in [-0.2, -0.15) is 9.49 Å². The molecule has 3 rings (SSSR count). The van der Waals surface area contributed by atoms with Crippen molar-refractivity contribution >= 4 is 28.7 Å². The van der Waals surface area contributed by atoms with Crippen LogP contribution in [-0.2, 0) is 0 Å². The SMILES string of the molecule is CN(/N=C/c1ccc(F)cc1C(=O)O)c1nc(-c2ccccc2F)c(F)s1. The number of hydrogen-bond acceptors (Lipinski definition) is 5. The van der Waals surface area contributed by atoms with Gasteiger partial charge in [0.1, 0.15) is 17.3 Å². The second-order valence-corrected chi connectivity index (χ2v) is 6.33. The van der Waals surface area contributed by atoms with Crippen LogP contribution in [0.4, 0.5) is 18.3 Å².